The van der Waals surface area contributed by atoms with Crippen LogP contribution in [0.1, 0.15) is 77.1 Å². The highest BCUT2D eigenvalue weighted by Crippen LogP contribution is 2.46. The van der Waals surface area contributed by atoms with Gasteiger partial charge in [-0.1, -0.05) is 5.10 Å². The van der Waals surface area contributed by atoms with Crippen molar-refractivity contribution >= 4 is 11.6 Å². The molecule has 0 saturated heterocycles. The minimum atomic E-state index is -4.94. The number of halogens is 6. The van der Waals surface area contributed by atoms with E-state index in [1.54, 1.807) is 11.9 Å². The number of aryl methyl sites for hydroxylation is 1. The molecule has 0 bridgehead atoms. The quantitative estimate of drug-likeness (QED) is 0.322. The highest BCUT2D eigenvalue weighted by Gasteiger charge is 2.39. The summed E-state index contributed by atoms with van der Waals surface area (Å²) in [6.45, 7) is 3.58. The van der Waals surface area contributed by atoms with E-state index in [1.807, 2.05) is 0 Å². The first-order chi connectivity index (χ1) is 19.4. The van der Waals surface area contributed by atoms with Gasteiger partial charge in [0, 0.05) is 24.8 Å². The summed E-state index contributed by atoms with van der Waals surface area (Å²) in [6.07, 6.45) is -5.18. The van der Waals surface area contributed by atoms with Gasteiger partial charge in [-0.3, -0.25) is 0 Å². The summed E-state index contributed by atoms with van der Waals surface area (Å²) in [4.78, 5) is 5.38. The number of rotatable bonds is 5. The molecule has 2 aromatic carbocycles. The first-order valence-electron chi connectivity index (χ1n) is 13.7. The number of ether oxygens (including phenoxy) is 1. The molecule has 3 aliphatic rings. The minimum absolute atomic E-state index is 0.137. The molecule has 2 aliphatic heterocycles. The van der Waals surface area contributed by atoms with Crippen molar-refractivity contribution in [2.24, 2.45) is 7.05 Å². The summed E-state index contributed by atoms with van der Waals surface area (Å²) < 4.78 is 88.0. The van der Waals surface area contributed by atoms with Crippen molar-refractivity contribution in [3.63, 3.8) is 0 Å². The summed E-state index contributed by atoms with van der Waals surface area (Å²) in [6, 6.07) is 3.79. The molecule has 0 N–H and O–H groups in total. The average Bonchev–Trinajstić information content (AvgIpc) is 3.47. The summed E-state index contributed by atoms with van der Waals surface area (Å²) in [5, 5.41) is 12.4. The lowest BCUT2D eigenvalue weighted by Gasteiger charge is -2.41. The number of anilines is 2. The zero-order valence-electron chi connectivity index (χ0n) is 22.7. The van der Waals surface area contributed by atoms with Gasteiger partial charge in [0.25, 0.3) is 5.95 Å². The Morgan fingerprint density at radius 2 is 1.66 bits per heavy atom. The number of aromatic nitrogens is 4. The summed E-state index contributed by atoms with van der Waals surface area (Å²) in [5.74, 6) is 0.140. The lowest BCUT2D eigenvalue weighted by atomic mass is 9.88. The molecule has 3 aromatic rings. The van der Waals surface area contributed by atoms with E-state index in [4.69, 9.17) is 4.74 Å². The molecule has 13 heteroatoms. The zero-order valence-corrected chi connectivity index (χ0v) is 22.7. The molecular weight excluding hydrogens is 550 g/mol. The second-order valence-corrected chi connectivity index (χ2v) is 11.1. The highest BCUT2D eigenvalue weighted by atomic mass is 19.4. The number of benzene rings is 2. The Kier molecular flexibility index (Phi) is 6.90. The van der Waals surface area contributed by atoms with Gasteiger partial charge in [-0.2, -0.15) is 31.1 Å². The van der Waals surface area contributed by atoms with E-state index in [0.29, 0.717) is 25.7 Å². The maximum Gasteiger partial charge on any atom is 0.416 e. The molecule has 1 fully saturated rings. The number of hydrogen-bond acceptors (Lipinski definition) is 6. The van der Waals surface area contributed by atoms with Crippen LogP contribution in [0.3, 0.4) is 0 Å². The predicted molar refractivity (Wildman–Crippen MR) is 138 cm³/mol. The van der Waals surface area contributed by atoms with Crippen molar-refractivity contribution in [2.45, 2.75) is 83.2 Å². The van der Waals surface area contributed by atoms with Gasteiger partial charge in [0.15, 0.2) is 0 Å². The van der Waals surface area contributed by atoms with E-state index in [2.05, 4.69) is 33.3 Å². The van der Waals surface area contributed by atoms with Crippen molar-refractivity contribution in [1.29, 1.82) is 0 Å². The van der Waals surface area contributed by atoms with Gasteiger partial charge in [-0.15, -0.1) is 5.10 Å². The molecule has 3 heterocycles. The number of nitrogens with zero attached hydrogens (tertiary/aromatic N) is 6. The number of hydrogen-bond donors (Lipinski definition) is 0. The van der Waals surface area contributed by atoms with Gasteiger partial charge < -0.3 is 14.5 Å². The second-order valence-electron chi connectivity index (χ2n) is 11.1. The van der Waals surface area contributed by atoms with Gasteiger partial charge >= 0.3 is 12.4 Å². The molecule has 1 saturated carbocycles. The third kappa shape index (κ3) is 5.24. The van der Waals surface area contributed by atoms with E-state index >= 15 is 0 Å². The monoisotopic (exact) mass is 580 g/mol. The Labute approximate surface area is 233 Å². The topological polar surface area (TPSA) is 59.3 Å². The maximum atomic E-state index is 13.7. The first kappa shape index (κ1) is 27.8. The van der Waals surface area contributed by atoms with Crippen LogP contribution >= 0.6 is 0 Å². The lowest BCUT2D eigenvalue weighted by molar-refractivity contribution is -0.143. The molecule has 1 atom stereocenters. The molecule has 1 aromatic heterocycles. The second kappa shape index (κ2) is 10.2. The normalized spacial score (nSPS) is 19.5. The van der Waals surface area contributed by atoms with E-state index in [-0.39, 0.29) is 24.1 Å². The molecule has 0 spiro atoms. The van der Waals surface area contributed by atoms with Gasteiger partial charge in [0.05, 0.1) is 37.4 Å². The van der Waals surface area contributed by atoms with Crippen LogP contribution in [-0.4, -0.2) is 32.8 Å². The molecule has 41 heavy (non-hydrogen) atoms. The highest BCUT2D eigenvalue weighted by molar-refractivity contribution is 5.68. The Hall–Kier alpha value is -3.35. The van der Waals surface area contributed by atoms with Crippen LogP contribution in [0.5, 0.6) is 0 Å². The fraction of sp³-hybridized carbons (Fsp3) is 0.536. The fourth-order valence-electron chi connectivity index (χ4n) is 6.30. The van der Waals surface area contributed by atoms with Crippen LogP contribution in [0.2, 0.25) is 0 Å². The number of tetrazole rings is 1. The van der Waals surface area contributed by atoms with Gasteiger partial charge in [0.1, 0.15) is 0 Å². The predicted octanol–water partition coefficient (Wildman–Crippen LogP) is 6.49. The molecule has 1 unspecified atom stereocenters. The van der Waals surface area contributed by atoms with Crippen molar-refractivity contribution in [1.82, 2.24) is 20.2 Å². The minimum Gasteiger partial charge on any atom is -0.372 e. The van der Waals surface area contributed by atoms with Crippen LogP contribution < -0.4 is 9.80 Å². The van der Waals surface area contributed by atoms with Crippen molar-refractivity contribution in [2.75, 3.05) is 16.3 Å². The molecule has 6 rings (SSSR count). The van der Waals surface area contributed by atoms with Crippen LogP contribution in [0.15, 0.2) is 24.3 Å². The maximum absolute atomic E-state index is 13.7. The molecule has 0 amide bonds. The standard InChI is InChI=1S/C28H30F6N6O/c1-16-23-15-41-14-18(23)11-22-24(7-4-8-39(25(16)22)21-5-3-6-21)40(26-35-37-38(2)36-26)13-17-9-19(27(29,30)31)12-20(10-17)28(32,33)34/h9-12,21,24H,3-8,13-15H2,1-2H3. The van der Waals surface area contributed by atoms with E-state index in [9.17, 15) is 26.3 Å². The number of alkyl halides is 6. The van der Waals surface area contributed by atoms with E-state index in [1.165, 1.54) is 4.80 Å². The smallest absolute Gasteiger partial charge is 0.372 e. The van der Waals surface area contributed by atoms with Crippen molar-refractivity contribution < 1.29 is 31.1 Å². The third-order valence-corrected chi connectivity index (χ3v) is 8.47. The molecule has 1 aliphatic carbocycles. The largest absolute Gasteiger partial charge is 0.416 e. The summed E-state index contributed by atoms with van der Waals surface area (Å²) in [7, 11) is 1.56. The van der Waals surface area contributed by atoms with Gasteiger partial charge in [-0.05, 0) is 96.3 Å². The third-order valence-electron chi connectivity index (χ3n) is 8.47. The zero-order chi connectivity index (χ0) is 29.1. The Bertz CT molecular complexity index is 1410. The van der Waals surface area contributed by atoms with Crippen molar-refractivity contribution in [3.8, 4) is 0 Å². The summed E-state index contributed by atoms with van der Waals surface area (Å²) >= 11 is 0. The Balaban J connectivity index is 1.49. The number of fused-ring (bicyclic) bond motifs is 2. The molecule has 7 nitrogen and oxygen atoms in total. The van der Waals surface area contributed by atoms with E-state index in [0.717, 1.165) is 72.3 Å². The van der Waals surface area contributed by atoms with Crippen molar-refractivity contribution in [3.05, 3.63) is 63.2 Å². The van der Waals surface area contributed by atoms with Gasteiger partial charge in [0.2, 0.25) is 0 Å². The van der Waals surface area contributed by atoms with Crippen LogP contribution in [0.25, 0.3) is 0 Å². The fourth-order valence-corrected chi connectivity index (χ4v) is 6.30. The first-order valence-corrected chi connectivity index (χ1v) is 13.7. The SMILES string of the molecule is Cc1c2c(cc3c1N(C1CCC1)CCCC3N(Cc1cc(C(F)(F)F)cc(C(F)(F)F)c1)c1nnn(C)n1)COC2. The molecular formula is C28H30F6N6O. The van der Waals surface area contributed by atoms with Crippen LogP contribution in [0.4, 0.5) is 38.0 Å². The van der Waals surface area contributed by atoms with Gasteiger partial charge in [-0.25, -0.2) is 0 Å². The molecule has 0 radical (unpaired) electrons. The Morgan fingerprint density at radius 3 is 2.24 bits per heavy atom. The van der Waals surface area contributed by atoms with Crippen LogP contribution in [-0.2, 0) is 43.9 Å². The average molecular weight is 581 g/mol. The molecule has 220 valence electrons. The lowest BCUT2D eigenvalue weighted by Crippen LogP contribution is -2.41. The van der Waals surface area contributed by atoms with E-state index < -0.39 is 29.5 Å². The summed E-state index contributed by atoms with van der Waals surface area (Å²) in [5.41, 5.74) is 2.51. The van der Waals surface area contributed by atoms with Crippen LogP contribution in [0, 0.1) is 6.92 Å². The Morgan fingerprint density at radius 1 is 0.951 bits per heavy atom.